The van der Waals surface area contributed by atoms with Crippen molar-refractivity contribution in [2.45, 2.75) is 31.8 Å². The van der Waals surface area contributed by atoms with Crippen LogP contribution in [0.1, 0.15) is 31.4 Å². The van der Waals surface area contributed by atoms with Gasteiger partial charge < -0.3 is 9.80 Å². The maximum atomic E-state index is 12.5. The van der Waals surface area contributed by atoms with E-state index >= 15 is 0 Å². The van der Waals surface area contributed by atoms with Gasteiger partial charge in [0.25, 0.3) is 0 Å². The topological polar surface area (TPSA) is 53.5 Å². The van der Waals surface area contributed by atoms with Gasteiger partial charge in [-0.25, -0.2) is 0 Å². The van der Waals surface area contributed by atoms with E-state index in [1.807, 2.05) is 19.1 Å². The standard InChI is InChI=1S/C14H17N3O2/c1-10(11-4-6-15-7-5-11)17-9-13(18)16-8-2-3-12(16)14(17)19/h4-7,10,12H,2-3,8-9H2,1H3. The summed E-state index contributed by atoms with van der Waals surface area (Å²) in [5.41, 5.74) is 1.02. The number of pyridine rings is 1. The molecule has 0 aliphatic carbocycles. The highest BCUT2D eigenvalue weighted by Gasteiger charge is 2.43. The molecule has 0 spiro atoms. The predicted molar refractivity (Wildman–Crippen MR) is 69.1 cm³/mol. The summed E-state index contributed by atoms with van der Waals surface area (Å²) in [5, 5.41) is 0. The molecule has 0 aromatic carbocycles. The van der Waals surface area contributed by atoms with Crippen molar-refractivity contribution in [3.8, 4) is 0 Å². The predicted octanol–water partition coefficient (Wildman–Crippen LogP) is 0.976. The Hall–Kier alpha value is -1.91. The van der Waals surface area contributed by atoms with Crippen LogP contribution in [0.15, 0.2) is 24.5 Å². The summed E-state index contributed by atoms with van der Waals surface area (Å²) in [6.45, 7) is 2.89. The zero-order valence-corrected chi connectivity index (χ0v) is 11.0. The molecule has 1 aromatic rings. The Bertz CT molecular complexity index is 503. The summed E-state index contributed by atoms with van der Waals surface area (Å²) in [7, 11) is 0. The van der Waals surface area contributed by atoms with Gasteiger partial charge in [-0.1, -0.05) is 0 Å². The van der Waals surface area contributed by atoms with Gasteiger partial charge >= 0.3 is 0 Å². The maximum absolute atomic E-state index is 12.5. The number of fused-ring (bicyclic) bond motifs is 1. The van der Waals surface area contributed by atoms with Crippen LogP contribution >= 0.6 is 0 Å². The van der Waals surface area contributed by atoms with E-state index in [1.54, 1.807) is 22.2 Å². The van der Waals surface area contributed by atoms with Crippen LogP contribution in [0.2, 0.25) is 0 Å². The zero-order valence-electron chi connectivity index (χ0n) is 11.0. The van der Waals surface area contributed by atoms with Crippen molar-refractivity contribution in [3.05, 3.63) is 30.1 Å². The molecule has 0 radical (unpaired) electrons. The second kappa shape index (κ2) is 4.64. The molecule has 100 valence electrons. The second-order valence-corrected chi connectivity index (χ2v) is 5.17. The lowest BCUT2D eigenvalue weighted by molar-refractivity contribution is -0.155. The second-order valence-electron chi connectivity index (χ2n) is 5.17. The molecule has 19 heavy (non-hydrogen) atoms. The molecule has 2 unspecified atom stereocenters. The number of amides is 2. The number of carbonyl (C=O) groups is 2. The fraction of sp³-hybridized carbons (Fsp3) is 0.500. The van der Waals surface area contributed by atoms with Crippen molar-refractivity contribution in [3.63, 3.8) is 0 Å². The van der Waals surface area contributed by atoms with Crippen LogP contribution in [0.5, 0.6) is 0 Å². The van der Waals surface area contributed by atoms with Crippen molar-refractivity contribution >= 4 is 11.8 Å². The lowest BCUT2D eigenvalue weighted by Crippen LogP contribution is -2.57. The fourth-order valence-corrected chi connectivity index (χ4v) is 2.98. The van der Waals surface area contributed by atoms with E-state index < -0.39 is 0 Å². The molecule has 2 aliphatic heterocycles. The van der Waals surface area contributed by atoms with Crippen LogP contribution < -0.4 is 0 Å². The van der Waals surface area contributed by atoms with Crippen molar-refractivity contribution in [2.24, 2.45) is 0 Å². The minimum atomic E-state index is -0.231. The average Bonchev–Trinajstić information content (AvgIpc) is 2.93. The number of carbonyl (C=O) groups excluding carboxylic acids is 2. The molecular formula is C14H17N3O2. The molecule has 0 bridgehead atoms. The lowest BCUT2D eigenvalue weighted by atomic mass is 10.0. The molecule has 2 saturated heterocycles. The van der Waals surface area contributed by atoms with Crippen molar-refractivity contribution in [2.75, 3.05) is 13.1 Å². The number of hydrogen-bond donors (Lipinski definition) is 0. The van der Waals surface area contributed by atoms with Crippen molar-refractivity contribution in [1.29, 1.82) is 0 Å². The van der Waals surface area contributed by atoms with Crippen LogP contribution in [0.3, 0.4) is 0 Å². The highest BCUT2D eigenvalue weighted by Crippen LogP contribution is 2.29. The number of piperazine rings is 1. The van der Waals surface area contributed by atoms with Gasteiger partial charge in [0.15, 0.2) is 0 Å². The molecule has 2 atom stereocenters. The van der Waals surface area contributed by atoms with Crippen LogP contribution in [-0.4, -0.2) is 45.7 Å². The molecule has 3 heterocycles. The maximum Gasteiger partial charge on any atom is 0.246 e. The third kappa shape index (κ3) is 1.99. The monoisotopic (exact) mass is 259 g/mol. The molecule has 0 N–H and O–H groups in total. The van der Waals surface area contributed by atoms with E-state index in [2.05, 4.69) is 4.98 Å². The molecule has 1 aromatic heterocycles. The third-order valence-electron chi connectivity index (χ3n) is 4.10. The Morgan fingerprint density at radius 1 is 1.32 bits per heavy atom. The van der Waals surface area contributed by atoms with E-state index in [0.717, 1.165) is 24.9 Å². The molecule has 5 heteroatoms. The first-order chi connectivity index (χ1) is 9.18. The van der Waals surface area contributed by atoms with E-state index in [1.165, 1.54) is 0 Å². The van der Waals surface area contributed by atoms with Crippen LogP contribution in [0.25, 0.3) is 0 Å². The highest BCUT2D eigenvalue weighted by atomic mass is 16.2. The molecule has 0 saturated carbocycles. The molecule has 2 aliphatic rings. The van der Waals surface area contributed by atoms with Gasteiger partial charge in [-0.15, -0.1) is 0 Å². The summed E-state index contributed by atoms with van der Waals surface area (Å²) in [6, 6.07) is 3.47. The average molecular weight is 259 g/mol. The number of nitrogens with zero attached hydrogens (tertiary/aromatic N) is 3. The zero-order chi connectivity index (χ0) is 13.4. The minimum absolute atomic E-state index is 0.0722. The number of hydrogen-bond acceptors (Lipinski definition) is 3. The fourth-order valence-electron chi connectivity index (χ4n) is 2.98. The Morgan fingerprint density at radius 2 is 2.05 bits per heavy atom. The first-order valence-electron chi connectivity index (χ1n) is 6.68. The van der Waals surface area contributed by atoms with Crippen molar-refractivity contribution < 1.29 is 9.59 Å². The van der Waals surface area contributed by atoms with Crippen LogP contribution in [-0.2, 0) is 9.59 Å². The summed E-state index contributed by atoms with van der Waals surface area (Å²) in [6.07, 6.45) is 5.15. The van der Waals surface area contributed by atoms with E-state index in [4.69, 9.17) is 0 Å². The van der Waals surface area contributed by atoms with Gasteiger partial charge in [0.2, 0.25) is 11.8 Å². The van der Waals surface area contributed by atoms with E-state index in [0.29, 0.717) is 0 Å². The van der Waals surface area contributed by atoms with Crippen LogP contribution in [0, 0.1) is 0 Å². The number of rotatable bonds is 2. The smallest absolute Gasteiger partial charge is 0.246 e. The summed E-state index contributed by atoms with van der Waals surface area (Å²) in [4.78, 5) is 32.0. The van der Waals surface area contributed by atoms with Gasteiger partial charge in [-0.3, -0.25) is 14.6 Å². The van der Waals surface area contributed by atoms with Crippen LogP contribution in [0.4, 0.5) is 0 Å². The molecule has 2 amide bonds. The largest absolute Gasteiger partial charge is 0.329 e. The molecule has 3 rings (SSSR count). The first kappa shape index (κ1) is 12.1. The lowest BCUT2D eigenvalue weighted by Gasteiger charge is -2.39. The Kier molecular flexibility index (Phi) is 2.97. The summed E-state index contributed by atoms with van der Waals surface area (Å²) in [5.74, 6) is 0.157. The third-order valence-corrected chi connectivity index (χ3v) is 4.10. The van der Waals surface area contributed by atoms with E-state index in [-0.39, 0.29) is 30.4 Å². The van der Waals surface area contributed by atoms with Gasteiger partial charge in [0.1, 0.15) is 12.6 Å². The molecule has 5 nitrogen and oxygen atoms in total. The van der Waals surface area contributed by atoms with Gasteiger partial charge in [0.05, 0.1) is 6.04 Å². The first-order valence-corrected chi connectivity index (χ1v) is 6.68. The normalized spacial score (nSPS) is 24.6. The molecule has 2 fully saturated rings. The quantitative estimate of drug-likeness (QED) is 0.795. The van der Waals surface area contributed by atoms with Crippen molar-refractivity contribution in [1.82, 2.24) is 14.8 Å². The van der Waals surface area contributed by atoms with E-state index in [9.17, 15) is 9.59 Å². The van der Waals surface area contributed by atoms with Gasteiger partial charge in [0, 0.05) is 18.9 Å². The highest BCUT2D eigenvalue weighted by molar-refractivity contribution is 5.95. The summed E-state index contributed by atoms with van der Waals surface area (Å²) < 4.78 is 0. The number of aromatic nitrogens is 1. The Morgan fingerprint density at radius 3 is 2.79 bits per heavy atom. The van der Waals surface area contributed by atoms with Gasteiger partial charge in [-0.2, -0.15) is 0 Å². The summed E-state index contributed by atoms with van der Waals surface area (Å²) >= 11 is 0. The molecular weight excluding hydrogens is 242 g/mol. The Labute approximate surface area is 112 Å². The minimum Gasteiger partial charge on any atom is -0.329 e. The Balaban J connectivity index is 1.85. The van der Waals surface area contributed by atoms with Gasteiger partial charge in [-0.05, 0) is 37.5 Å². The SMILES string of the molecule is CC(c1ccncc1)N1CC(=O)N2CCCC2C1=O.